The number of hydrogen-bond acceptors (Lipinski definition) is 6. The van der Waals surface area contributed by atoms with E-state index in [1.54, 1.807) is 19.3 Å². The maximum absolute atomic E-state index is 12.9. The number of halogens is 1. The average Bonchev–Trinajstić information content (AvgIpc) is 3.26. The van der Waals surface area contributed by atoms with Crippen molar-refractivity contribution >= 4 is 28.7 Å². The summed E-state index contributed by atoms with van der Waals surface area (Å²) in [4.78, 5) is 21.7. The van der Waals surface area contributed by atoms with Crippen LogP contribution in [0.3, 0.4) is 0 Å². The van der Waals surface area contributed by atoms with Crippen LogP contribution in [-0.2, 0) is 6.42 Å². The largest absolute Gasteiger partial charge is 0.361 e. The molecule has 0 saturated heterocycles. The first-order chi connectivity index (χ1) is 13.1. The number of hydrogen-bond donors (Lipinski definition) is 0. The van der Waals surface area contributed by atoms with Gasteiger partial charge in [-0.15, -0.1) is 11.3 Å². The molecule has 0 N–H and O–H groups in total. The number of nitrogens with zero attached hydrogens (tertiary/aromatic N) is 3. The molecule has 0 atom stereocenters. The third kappa shape index (κ3) is 3.54. The van der Waals surface area contributed by atoms with Crippen molar-refractivity contribution < 1.29 is 9.32 Å². The number of pyridine rings is 1. The first kappa shape index (κ1) is 17.6. The Hall–Kier alpha value is -2.83. The molecule has 5 nitrogen and oxygen atoms in total. The van der Waals surface area contributed by atoms with E-state index in [-0.39, 0.29) is 17.4 Å². The molecule has 0 fully saturated rings. The van der Waals surface area contributed by atoms with Crippen molar-refractivity contribution in [1.29, 1.82) is 0 Å². The van der Waals surface area contributed by atoms with Gasteiger partial charge in [0.25, 0.3) is 0 Å². The van der Waals surface area contributed by atoms with Gasteiger partial charge in [-0.1, -0.05) is 47.1 Å². The van der Waals surface area contributed by atoms with Crippen molar-refractivity contribution in [2.24, 2.45) is 0 Å². The Balaban J connectivity index is 1.65. The van der Waals surface area contributed by atoms with Crippen molar-refractivity contribution in [2.75, 3.05) is 0 Å². The van der Waals surface area contributed by atoms with E-state index in [1.807, 2.05) is 42.5 Å². The second kappa shape index (κ2) is 7.42. The number of thiazole rings is 1. The molecule has 7 heteroatoms. The monoisotopic (exact) mass is 395 g/mol. The summed E-state index contributed by atoms with van der Waals surface area (Å²) in [5.74, 6) is 0.506. The molecule has 0 aliphatic rings. The van der Waals surface area contributed by atoms with E-state index in [0.717, 1.165) is 16.7 Å². The molecule has 0 radical (unpaired) electrons. The highest BCUT2D eigenvalue weighted by Gasteiger charge is 2.23. The Kier molecular flexibility index (Phi) is 4.83. The molecule has 3 heterocycles. The first-order valence-corrected chi connectivity index (χ1v) is 9.43. The molecule has 4 aromatic rings. The van der Waals surface area contributed by atoms with Gasteiger partial charge in [0, 0.05) is 35.5 Å². The lowest BCUT2D eigenvalue weighted by atomic mass is 10.0. The van der Waals surface area contributed by atoms with E-state index in [9.17, 15) is 4.79 Å². The first-order valence-electron chi connectivity index (χ1n) is 8.24. The van der Waals surface area contributed by atoms with Gasteiger partial charge in [-0.2, -0.15) is 0 Å². The molecule has 4 rings (SSSR count). The number of aryl methyl sites for hydroxylation is 1. The van der Waals surface area contributed by atoms with Crippen LogP contribution in [0.2, 0.25) is 5.15 Å². The third-order valence-corrected chi connectivity index (χ3v) is 5.65. The SMILES string of the molecule is Cc1onc(-c2ccccc2)c1CC(=O)c1sc(-c2cccnc2)nc1Cl. The zero-order chi connectivity index (χ0) is 18.8. The van der Waals surface area contributed by atoms with Gasteiger partial charge in [0.1, 0.15) is 21.3 Å². The quantitative estimate of drug-likeness (QED) is 0.432. The zero-order valence-electron chi connectivity index (χ0n) is 14.3. The molecule has 0 unspecified atom stereocenters. The van der Waals surface area contributed by atoms with Gasteiger partial charge in [0.2, 0.25) is 0 Å². The van der Waals surface area contributed by atoms with Crippen LogP contribution < -0.4 is 0 Å². The number of benzene rings is 1. The van der Waals surface area contributed by atoms with E-state index in [0.29, 0.717) is 21.3 Å². The summed E-state index contributed by atoms with van der Waals surface area (Å²) < 4.78 is 5.34. The second-order valence-corrected chi connectivity index (χ2v) is 7.27. The predicted molar refractivity (Wildman–Crippen MR) is 105 cm³/mol. The minimum absolute atomic E-state index is 0.115. The van der Waals surface area contributed by atoms with Gasteiger partial charge in [0.05, 0.1) is 0 Å². The van der Waals surface area contributed by atoms with Crippen molar-refractivity contribution in [1.82, 2.24) is 15.1 Å². The van der Waals surface area contributed by atoms with Crippen LogP contribution in [0.15, 0.2) is 59.4 Å². The van der Waals surface area contributed by atoms with E-state index >= 15 is 0 Å². The standard InChI is InChI=1S/C20H14ClN3O2S/c1-12-15(17(24-26-12)13-6-3-2-4-7-13)10-16(25)18-19(21)23-20(27-18)14-8-5-9-22-11-14/h2-9,11H,10H2,1H3. The highest BCUT2D eigenvalue weighted by Crippen LogP contribution is 2.33. The topological polar surface area (TPSA) is 68.9 Å². The van der Waals surface area contributed by atoms with E-state index in [2.05, 4.69) is 15.1 Å². The zero-order valence-corrected chi connectivity index (χ0v) is 15.9. The highest BCUT2D eigenvalue weighted by atomic mass is 35.5. The van der Waals surface area contributed by atoms with Crippen LogP contribution in [0.4, 0.5) is 0 Å². The molecule has 3 aromatic heterocycles. The summed E-state index contributed by atoms with van der Waals surface area (Å²) in [5.41, 5.74) is 3.17. The van der Waals surface area contributed by atoms with Crippen LogP contribution in [0.25, 0.3) is 21.8 Å². The number of carbonyl (C=O) groups is 1. The fourth-order valence-electron chi connectivity index (χ4n) is 2.75. The number of aromatic nitrogens is 3. The van der Waals surface area contributed by atoms with Gasteiger partial charge in [-0.3, -0.25) is 9.78 Å². The number of carbonyl (C=O) groups excluding carboxylic acids is 1. The molecule has 0 bridgehead atoms. The summed E-state index contributed by atoms with van der Waals surface area (Å²) in [6.45, 7) is 1.80. The van der Waals surface area contributed by atoms with Crippen LogP contribution >= 0.6 is 22.9 Å². The van der Waals surface area contributed by atoms with Crippen LogP contribution in [0, 0.1) is 6.92 Å². The summed E-state index contributed by atoms with van der Waals surface area (Å²) >= 11 is 7.51. The number of Topliss-reactive ketones (excluding diaryl/α,β-unsaturated/α-hetero) is 1. The lowest BCUT2D eigenvalue weighted by Gasteiger charge is -2.02. The van der Waals surface area contributed by atoms with Crippen molar-refractivity contribution in [3.8, 4) is 21.8 Å². The van der Waals surface area contributed by atoms with Gasteiger partial charge in [-0.25, -0.2) is 4.98 Å². The minimum atomic E-state index is -0.115. The molecule has 1 aromatic carbocycles. The van der Waals surface area contributed by atoms with Crippen LogP contribution in [0.1, 0.15) is 21.0 Å². The molecule has 0 spiro atoms. The minimum Gasteiger partial charge on any atom is -0.361 e. The van der Waals surface area contributed by atoms with Crippen LogP contribution in [-0.4, -0.2) is 20.9 Å². The molecule has 0 aliphatic heterocycles. The molecule has 0 aliphatic carbocycles. The van der Waals surface area contributed by atoms with E-state index in [1.165, 1.54) is 11.3 Å². The summed E-state index contributed by atoms with van der Waals surface area (Å²) in [6.07, 6.45) is 3.53. The maximum Gasteiger partial charge on any atom is 0.180 e. The molecule has 0 saturated carbocycles. The summed E-state index contributed by atoms with van der Waals surface area (Å²) in [6, 6.07) is 13.3. The van der Waals surface area contributed by atoms with Gasteiger partial charge in [-0.05, 0) is 19.1 Å². The van der Waals surface area contributed by atoms with Gasteiger partial charge in [0.15, 0.2) is 10.9 Å². The Bertz CT molecular complexity index is 1090. The van der Waals surface area contributed by atoms with Crippen LogP contribution in [0.5, 0.6) is 0 Å². The Morgan fingerprint density at radius 2 is 1.93 bits per heavy atom. The third-order valence-electron chi connectivity index (χ3n) is 4.12. The summed E-state index contributed by atoms with van der Waals surface area (Å²) in [7, 11) is 0. The van der Waals surface area contributed by atoms with Gasteiger partial charge < -0.3 is 4.52 Å². The normalized spacial score (nSPS) is 10.9. The molecular weight excluding hydrogens is 382 g/mol. The Labute approximate surface area is 164 Å². The number of rotatable bonds is 5. The molecule has 27 heavy (non-hydrogen) atoms. The lowest BCUT2D eigenvalue weighted by Crippen LogP contribution is -2.03. The molecule has 0 amide bonds. The summed E-state index contributed by atoms with van der Waals surface area (Å²) in [5, 5.41) is 5.00. The highest BCUT2D eigenvalue weighted by molar-refractivity contribution is 7.17. The molecule has 134 valence electrons. The fourth-order valence-corrected chi connectivity index (χ4v) is 3.99. The Morgan fingerprint density at radius 1 is 1.15 bits per heavy atom. The van der Waals surface area contributed by atoms with Crippen molar-refractivity contribution in [3.63, 3.8) is 0 Å². The van der Waals surface area contributed by atoms with E-state index in [4.69, 9.17) is 16.1 Å². The lowest BCUT2D eigenvalue weighted by molar-refractivity contribution is 0.0996. The average molecular weight is 396 g/mol. The predicted octanol–water partition coefficient (Wildman–Crippen LogP) is 5.25. The fraction of sp³-hybridized carbons (Fsp3) is 0.100. The van der Waals surface area contributed by atoms with E-state index < -0.39 is 0 Å². The second-order valence-electron chi connectivity index (χ2n) is 5.91. The smallest absolute Gasteiger partial charge is 0.180 e. The van der Waals surface area contributed by atoms with Crippen molar-refractivity contribution in [3.05, 3.63) is 76.2 Å². The Morgan fingerprint density at radius 3 is 2.67 bits per heavy atom. The number of ketones is 1. The molecular formula is C20H14ClN3O2S. The van der Waals surface area contributed by atoms with Gasteiger partial charge >= 0.3 is 0 Å². The van der Waals surface area contributed by atoms with Crippen molar-refractivity contribution in [2.45, 2.75) is 13.3 Å². The maximum atomic E-state index is 12.9.